The molecule has 2 aromatic carbocycles. The minimum Gasteiger partial charge on any atom is -0.497 e. The summed E-state index contributed by atoms with van der Waals surface area (Å²) in [5, 5.41) is 6.61. The maximum Gasteiger partial charge on any atom is 0.211 e. The van der Waals surface area contributed by atoms with Crippen LogP contribution in [0.25, 0.3) is 27.3 Å². The summed E-state index contributed by atoms with van der Waals surface area (Å²) in [6.07, 6.45) is 7.98. The Labute approximate surface area is 217 Å². The van der Waals surface area contributed by atoms with E-state index < -0.39 is 0 Å². The molecule has 1 saturated carbocycles. The zero-order valence-corrected chi connectivity index (χ0v) is 22.5. The van der Waals surface area contributed by atoms with E-state index in [1.54, 1.807) is 18.4 Å². The molecule has 188 valence electrons. The van der Waals surface area contributed by atoms with Crippen LogP contribution in [0.1, 0.15) is 85.6 Å². The number of Topliss-reactive ketones (excluding diaryl/α,β-unsaturated/α-hetero) is 1. The number of hydrogen-bond donors (Lipinski definition) is 0. The second-order valence-electron chi connectivity index (χ2n) is 10.3. The minimum absolute atomic E-state index is 0.142. The highest BCUT2D eigenvalue weighted by molar-refractivity contribution is 7.14. The highest BCUT2D eigenvalue weighted by Crippen LogP contribution is 2.38. The zero-order chi connectivity index (χ0) is 25.2. The molecule has 0 bridgehead atoms. The maximum atomic E-state index is 13.4. The highest BCUT2D eigenvalue weighted by Gasteiger charge is 2.24. The first-order chi connectivity index (χ1) is 17.4. The van der Waals surface area contributed by atoms with Gasteiger partial charge in [0.2, 0.25) is 5.13 Å². The third-order valence-electron chi connectivity index (χ3n) is 7.29. The van der Waals surface area contributed by atoms with E-state index in [1.807, 2.05) is 22.9 Å². The molecule has 36 heavy (non-hydrogen) atoms. The molecular formula is C30H35N3O2S. The summed E-state index contributed by atoms with van der Waals surface area (Å²) in [5.41, 5.74) is 4.61. The average molecular weight is 502 g/mol. The third kappa shape index (κ3) is 4.96. The van der Waals surface area contributed by atoms with Gasteiger partial charge in [0.15, 0.2) is 5.78 Å². The lowest BCUT2D eigenvalue weighted by Crippen LogP contribution is -2.10. The number of nitrogens with zero attached hydrogens (tertiary/aromatic N) is 3. The van der Waals surface area contributed by atoms with E-state index >= 15 is 0 Å². The molecular weight excluding hydrogens is 466 g/mol. The van der Waals surface area contributed by atoms with Crippen LogP contribution in [-0.4, -0.2) is 27.7 Å². The van der Waals surface area contributed by atoms with Gasteiger partial charge in [0, 0.05) is 22.2 Å². The second kappa shape index (κ2) is 10.6. The standard InChI is InChI=1S/C30H35N3O2S/c1-19(2)29-27(22-11-8-12-23(18-22)35-4)31-30(36-29)33-25-15-13-20(3)17-24(25)28(32-33)26(34)16-14-21-9-6-5-7-10-21/h8,11-13,15,17-19,21H,5-7,9-10,14,16H2,1-4H3. The van der Waals surface area contributed by atoms with Gasteiger partial charge in [-0.05, 0) is 49.4 Å². The number of carbonyl (C=O) groups excluding carboxylic acids is 1. The predicted octanol–water partition coefficient (Wildman–Crippen LogP) is 8.13. The quantitative estimate of drug-likeness (QED) is 0.229. The van der Waals surface area contributed by atoms with Crippen molar-refractivity contribution in [3.8, 4) is 22.1 Å². The van der Waals surface area contributed by atoms with Crippen molar-refractivity contribution in [1.29, 1.82) is 0 Å². The fourth-order valence-corrected chi connectivity index (χ4v) is 6.35. The number of carbonyl (C=O) groups is 1. The molecule has 6 heteroatoms. The Morgan fingerprint density at radius 3 is 2.69 bits per heavy atom. The van der Waals surface area contributed by atoms with Crippen molar-refractivity contribution in [1.82, 2.24) is 14.8 Å². The van der Waals surface area contributed by atoms with Crippen LogP contribution in [0.2, 0.25) is 0 Å². The van der Waals surface area contributed by atoms with Crippen LogP contribution >= 0.6 is 11.3 Å². The first-order valence-electron chi connectivity index (χ1n) is 13.1. The number of rotatable bonds is 8. The molecule has 1 aliphatic rings. The lowest BCUT2D eigenvalue weighted by atomic mass is 9.85. The molecule has 2 heterocycles. The Bertz CT molecular complexity index is 1380. The van der Waals surface area contributed by atoms with Crippen molar-refractivity contribution < 1.29 is 9.53 Å². The van der Waals surface area contributed by atoms with Crippen LogP contribution in [0.4, 0.5) is 0 Å². The number of aromatic nitrogens is 3. The number of ether oxygens (including phenoxy) is 1. The van der Waals surface area contributed by atoms with Gasteiger partial charge in [-0.25, -0.2) is 9.67 Å². The van der Waals surface area contributed by atoms with Gasteiger partial charge in [0.25, 0.3) is 0 Å². The van der Waals surface area contributed by atoms with Crippen LogP contribution in [0.15, 0.2) is 42.5 Å². The Balaban J connectivity index is 1.54. The largest absolute Gasteiger partial charge is 0.497 e. The summed E-state index contributed by atoms with van der Waals surface area (Å²) in [5.74, 6) is 1.93. The van der Waals surface area contributed by atoms with Gasteiger partial charge in [-0.1, -0.05) is 81.1 Å². The smallest absolute Gasteiger partial charge is 0.211 e. The first-order valence-corrected chi connectivity index (χ1v) is 13.9. The zero-order valence-electron chi connectivity index (χ0n) is 21.7. The summed E-state index contributed by atoms with van der Waals surface area (Å²) < 4.78 is 7.33. The Morgan fingerprint density at radius 1 is 1.14 bits per heavy atom. The molecule has 0 atom stereocenters. The lowest BCUT2D eigenvalue weighted by molar-refractivity contribution is 0.0966. The summed E-state index contributed by atoms with van der Waals surface area (Å²) in [6, 6.07) is 14.3. The normalized spacial score (nSPS) is 14.6. The van der Waals surface area contributed by atoms with Gasteiger partial charge in [0.05, 0.1) is 18.3 Å². The van der Waals surface area contributed by atoms with E-state index in [2.05, 4.69) is 45.0 Å². The topological polar surface area (TPSA) is 57.0 Å². The van der Waals surface area contributed by atoms with Gasteiger partial charge < -0.3 is 4.74 Å². The number of ketones is 1. The SMILES string of the molecule is COc1cccc(-c2nc(-n3nc(C(=O)CCC4CCCCC4)c4cc(C)ccc43)sc2C(C)C)c1. The van der Waals surface area contributed by atoms with Gasteiger partial charge >= 0.3 is 0 Å². The Kier molecular flexibility index (Phi) is 7.24. The van der Waals surface area contributed by atoms with Crippen molar-refractivity contribution in [2.24, 2.45) is 5.92 Å². The number of hydrogen-bond acceptors (Lipinski definition) is 5. The molecule has 0 unspecified atom stereocenters. The van der Waals surface area contributed by atoms with E-state index in [1.165, 1.54) is 37.0 Å². The van der Waals surface area contributed by atoms with E-state index in [4.69, 9.17) is 14.8 Å². The minimum atomic E-state index is 0.142. The predicted molar refractivity (Wildman–Crippen MR) is 148 cm³/mol. The molecule has 0 radical (unpaired) electrons. The Morgan fingerprint density at radius 2 is 1.94 bits per heavy atom. The summed E-state index contributed by atoms with van der Waals surface area (Å²) in [6.45, 7) is 6.44. The summed E-state index contributed by atoms with van der Waals surface area (Å²) in [7, 11) is 1.68. The van der Waals surface area contributed by atoms with E-state index in [-0.39, 0.29) is 5.78 Å². The summed E-state index contributed by atoms with van der Waals surface area (Å²) in [4.78, 5) is 19.7. The van der Waals surface area contributed by atoms with E-state index in [0.29, 0.717) is 24.0 Å². The molecule has 0 saturated heterocycles. The second-order valence-corrected chi connectivity index (χ2v) is 11.4. The van der Waals surface area contributed by atoms with Crippen LogP contribution in [0, 0.1) is 12.8 Å². The van der Waals surface area contributed by atoms with Crippen molar-refractivity contribution >= 4 is 28.0 Å². The maximum absolute atomic E-state index is 13.4. The monoisotopic (exact) mass is 501 g/mol. The first kappa shape index (κ1) is 24.7. The molecule has 5 rings (SSSR count). The van der Waals surface area contributed by atoms with Crippen molar-refractivity contribution in [2.75, 3.05) is 7.11 Å². The van der Waals surface area contributed by atoms with E-state index in [0.717, 1.165) is 45.0 Å². The molecule has 5 nitrogen and oxygen atoms in total. The van der Waals surface area contributed by atoms with Gasteiger partial charge in [0.1, 0.15) is 11.4 Å². The van der Waals surface area contributed by atoms with Crippen molar-refractivity contribution in [2.45, 2.75) is 71.6 Å². The molecule has 4 aromatic rings. The van der Waals surface area contributed by atoms with Crippen LogP contribution in [-0.2, 0) is 0 Å². The van der Waals surface area contributed by atoms with Gasteiger partial charge in [-0.3, -0.25) is 4.79 Å². The van der Waals surface area contributed by atoms with Crippen LogP contribution in [0.5, 0.6) is 5.75 Å². The molecule has 2 aromatic heterocycles. The van der Waals surface area contributed by atoms with E-state index in [9.17, 15) is 4.79 Å². The molecule has 0 spiro atoms. The van der Waals surface area contributed by atoms with Crippen LogP contribution in [0.3, 0.4) is 0 Å². The average Bonchev–Trinajstić information content (AvgIpc) is 3.50. The van der Waals surface area contributed by atoms with Crippen LogP contribution < -0.4 is 4.74 Å². The van der Waals surface area contributed by atoms with Gasteiger partial charge in [-0.2, -0.15) is 5.10 Å². The number of thiazole rings is 1. The summed E-state index contributed by atoms with van der Waals surface area (Å²) >= 11 is 1.65. The number of benzene rings is 2. The van der Waals surface area contributed by atoms with Crippen molar-refractivity contribution in [3.63, 3.8) is 0 Å². The molecule has 0 N–H and O–H groups in total. The Hall–Kier alpha value is -2.99. The fourth-order valence-electron chi connectivity index (χ4n) is 5.29. The molecule has 0 amide bonds. The van der Waals surface area contributed by atoms with Gasteiger partial charge in [-0.15, -0.1) is 0 Å². The van der Waals surface area contributed by atoms with Crippen molar-refractivity contribution in [3.05, 3.63) is 58.6 Å². The molecule has 1 fully saturated rings. The fraction of sp³-hybridized carbons (Fsp3) is 0.433. The number of aryl methyl sites for hydroxylation is 1. The number of fused-ring (bicyclic) bond motifs is 1. The molecule has 0 aliphatic heterocycles. The lowest BCUT2D eigenvalue weighted by Gasteiger charge is -2.20. The third-order valence-corrected chi connectivity index (χ3v) is 8.63. The molecule has 1 aliphatic carbocycles. The number of methoxy groups -OCH3 is 1. The highest BCUT2D eigenvalue weighted by atomic mass is 32.1.